The first-order valence-electron chi connectivity index (χ1n) is 10.6. The van der Waals surface area contributed by atoms with Crippen molar-refractivity contribution in [2.75, 3.05) is 6.61 Å². The van der Waals surface area contributed by atoms with Gasteiger partial charge in [0.15, 0.2) is 11.7 Å². The topological polar surface area (TPSA) is 55.4 Å². The normalized spacial score (nSPS) is 12.0. The van der Waals surface area contributed by atoms with Gasteiger partial charge in [0, 0.05) is 17.1 Å². The third-order valence-corrected chi connectivity index (χ3v) is 4.57. The largest absolute Gasteiger partial charge is 0.479 e. The molecule has 1 rings (SSSR count). The van der Waals surface area contributed by atoms with Crippen LogP contribution in [0.3, 0.4) is 0 Å². The molecule has 0 bridgehead atoms. The number of aryl methyl sites for hydroxylation is 1. The highest BCUT2D eigenvalue weighted by Crippen LogP contribution is 2.16. The Hall–Kier alpha value is -2.10. The van der Waals surface area contributed by atoms with E-state index < -0.39 is 5.41 Å². The second-order valence-electron chi connectivity index (χ2n) is 8.22. The standard InChI is InChI=1S/C24H37NO3/c1-6-8-9-10-11-12-13-19-14-16-20(17-15-19)23(27)25-22(28-7-2)18-21(26)24(3,4)5/h14-18H,6-13H2,1-5H3,(H,25,27)/b22-18-. The van der Waals surface area contributed by atoms with Crippen molar-refractivity contribution in [1.82, 2.24) is 5.32 Å². The van der Waals surface area contributed by atoms with Gasteiger partial charge >= 0.3 is 0 Å². The molecule has 0 aliphatic heterocycles. The molecule has 0 saturated carbocycles. The number of ketones is 1. The fraction of sp³-hybridized carbons (Fsp3) is 0.583. The predicted octanol–water partition coefficient (Wildman–Crippen LogP) is 5.81. The molecule has 0 unspecified atom stereocenters. The molecule has 156 valence electrons. The number of hydrogen-bond acceptors (Lipinski definition) is 3. The Bertz CT molecular complexity index is 639. The van der Waals surface area contributed by atoms with E-state index in [1.165, 1.54) is 50.2 Å². The summed E-state index contributed by atoms with van der Waals surface area (Å²) in [7, 11) is 0. The number of carbonyl (C=O) groups is 2. The Balaban J connectivity index is 2.60. The fourth-order valence-electron chi connectivity index (χ4n) is 2.72. The number of unbranched alkanes of at least 4 members (excludes halogenated alkanes) is 5. The van der Waals surface area contributed by atoms with Gasteiger partial charge in [-0.25, -0.2) is 0 Å². The van der Waals surface area contributed by atoms with Gasteiger partial charge in [-0.3, -0.25) is 14.9 Å². The Labute approximate surface area is 170 Å². The Kier molecular flexibility index (Phi) is 10.6. The molecule has 1 N–H and O–H groups in total. The summed E-state index contributed by atoms with van der Waals surface area (Å²) in [5.74, 6) is -0.165. The van der Waals surface area contributed by atoms with E-state index in [9.17, 15) is 9.59 Å². The molecule has 28 heavy (non-hydrogen) atoms. The van der Waals surface area contributed by atoms with Crippen LogP contribution in [0.1, 0.15) is 89.1 Å². The summed E-state index contributed by atoms with van der Waals surface area (Å²) in [6, 6.07) is 7.67. The van der Waals surface area contributed by atoms with Crippen molar-refractivity contribution in [3.8, 4) is 0 Å². The fourth-order valence-corrected chi connectivity index (χ4v) is 2.72. The summed E-state index contributed by atoms with van der Waals surface area (Å²) in [5.41, 5.74) is 1.28. The van der Waals surface area contributed by atoms with Gasteiger partial charge in [-0.15, -0.1) is 0 Å². The van der Waals surface area contributed by atoms with Gasteiger partial charge < -0.3 is 4.74 Å². The highest BCUT2D eigenvalue weighted by Gasteiger charge is 2.21. The van der Waals surface area contributed by atoms with Crippen LogP contribution in [0.2, 0.25) is 0 Å². The summed E-state index contributed by atoms with van der Waals surface area (Å²) in [6.45, 7) is 9.92. The Morgan fingerprint density at radius 3 is 2.14 bits per heavy atom. The number of hydrogen-bond donors (Lipinski definition) is 1. The van der Waals surface area contributed by atoms with Gasteiger partial charge in [0.2, 0.25) is 0 Å². The molecule has 0 heterocycles. The molecule has 4 heteroatoms. The first-order valence-corrected chi connectivity index (χ1v) is 10.6. The van der Waals surface area contributed by atoms with Gasteiger partial charge in [0.25, 0.3) is 5.91 Å². The molecule has 1 aromatic carbocycles. The number of benzene rings is 1. The van der Waals surface area contributed by atoms with Crippen LogP contribution in [0, 0.1) is 5.41 Å². The van der Waals surface area contributed by atoms with Gasteiger partial charge in [-0.2, -0.15) is 0 Å². The lowest BCUT2D eigenvalue weighted by molar-refractivity contribution is -0.121. The molecule has 0 radical (unpaired) electrons. The average Bonchev–Trinajstić information content (AvgIpc) is 2.64. The summed E-state index contributed by atoms with van der Waals surface area (Å²) < 4.78 is 5.43. The van der Waals surface area contributed by atoms with E-state index in [4.69, 9.17) is 4.74 Å². The number of rotatable bonds is 12. The van der Waals surface area contributed by atoms with Crippen molar-refractivity contribution < 1.29 is 14.3 Å². The molecule has 1 aromatic rings. The predicted molar refractivity (Wildman–Crippen MR) is 115 cm³/mol. The van der Waals surface area contributed by atoms with Crippen LogP contribution in [-0.2, 0) is 16.0 Å². The molecular formula is C24H37NO3. The molecule has 0 aliphatic carbocycles. The minimum absolute atomic E-state index is 0.0921. The van der Waals surface area contributed by atoms with Crippen LogP contribution in [0.25, 0.3) is 0 Å². The zero-order valence-electron chi connectivity index (χ0n) is 18.3. The molecule has 0 aliphatic rings. The maximum absolute atomic E-state index is 12.5. The number of nitrogens with one attached hydrogen (secondary N) is 1. The van der Waals surface area contributed by atoms with Crippen molar-refractivity contribution in [3.63, 3.8) is 0 Å². The monoisotopic (exact) mass is 387 g/mol. The van der Waals surface area contributed by atoms with E-state index in [-0.39, 0.29) is 17.6 Å². The second-order valence-corrected chi connectivity index (χ2v) is 8.22. The van der Waals surface area contributed by atoms with Crippen molar-refractivity contribution in [3.05, 3.63) is 47.4 Å². The van der Waals surface area contributed by atoms with Crippen LogP contribution < -0.4 is 5.32 Å². The van der Waals surface area contributed by atoms with Crippen LogP contribution >= 0.6 is 0 Å². The zero-order valence-corrected chi connectivity index (χ0v) is 18.3. The van der Waals surface area contributed by atoms with Gasteiger partial charge in [-0.1, -0.05) is 71.9 Å². The summed E-state index contributed by atoms with van der Waals surface area (Å²) in [5, 5.41) is 2.71. The lowest BCUT2D eigenvalue weighted by Crippen LogP contribution is -2.27. The maximum atomic E-state index is 12.5. The quantitative estimate of drug-likeness (QED) is 0.280. The number of carbonyl (C=O) groups excluding carboxylic acids is 2. The molecule has 0 spiro atoms. The van der Waals surface area contributed by atoms with Gasteiger partial charge in [-0.05, 0) is 37.5 Å². The molecule has 0 aromatic heterocycles. The minimum atomic E-state index is -0.523. The number of amides is 1. The smallest absolute Gasteiger partial charge is 0.257 e. The van der Waals surface area contributed by atoms with E-state index >= 15 is 0 Å². The first-order chi connectivity index (χ1) is 13.3. The second kappa shape index (κ2) is 12.4. The highest BCUT2D eigenvalue weighted by molar-refractivity contribution is 5.97. The van der Waals surface area contributed by atoms with Crippen molar-refractivity contribution >= 4 is 11.7 Å². The Morgan fingerprint density at radius 2 is 1.57 bits per heavy atom. The minimum Gasteiger partial charge on any atom is -0.479 e. The molecule has 4 nitrogen and oxygen atoms in total. The van der Waals surface area contributed by atoms with Crippen LogP contribution in [-0.4, -0.2) is 18.3 Å². The highest BCUT2D eigenvalue weighted by atomic mass is 16.5. The maximum Gasteiger partial charge on any atom is 0.257 e. The lowest BCUT2D eigenvalue weighted by Gasteiger charge is -2.16. The van der Waals surface area contributed by atoms with E-state index in [1.807, 2.05) is 52.0 Å². The molecular weight excluding hydrogens is 350 g/mol. The number of allylic oxidation sites excluding steroid dienone is 1. The van der Waals surface area contributed by atoms with E-state index in [1.54, 1.807) is 0 Å². The average molecular weight is 388 g/mol. The lowest BCUT2D eigenvalue weighted by atomic mass is 9.91. The van der Waals surface area contributed by atoms with Crippen molar-refractivity contribution in [2.45, 2.75) is 79.6 Å². The third-order valence-electron chi connectivity index (χ3n) is 4.57. The zero-order chi connectivity index (χ0) is 21.0. The Morgan fingerprint density at radius 1 is 0.964 bits per heavy atom. The number of ether oxygens (including phenoxy) is 1. The van der Waals surface area contributed by atoms with Gasteiger partial charge in [0.05, 0.1) is 6.61 Å². The summed E-state index contributed by atoms with van der Waals surface area (Å²) in [6.07, 6.45) is 10.1. The van der Waals surface area contributed by atoms with Gasteiger partial charge in [0.1, 0.15) is 0 Å². The summed E-state index contributed by atoms with van der Waals surface area (Å²) >= 11 is 0. The first kappa shape index (κ1) is 23.9. The van der Waals surface area contributed by atoms with Crippen LogP contribution in [0.15, 0.2) is 36.2 Å². The molecule has 0 fully saturated rings. The molecule has 1 amide bonds. The molecule has 0 atom stereocenters. The van der Waals surface area contributed by atoms with Crippen LogP contribution in [0.5, 0.6) is 0 Å². The van der Waals surface area contributed by atoms with Crippen LogP contribution in [0.4, 0.5) is 0 Å². The third kappa shape index (κ3) is 9.20. The SMILES string of the molecule is CCCCCCCCc1ccc(C(=O)N/C(=C/C(=O)C(C)(C)C)OCC)cc1. The van der Waals surface area contributed by atoms with E-state index in [2.05, 4.69) is 12.2 Å². The van der Waals surface area contributed by atoms with Crippen molar-refractivity contribution in [2.24, 2.45) is 5.41 Å². The van der Waals surface area contributed by atoms with E-state index in [0.717, 1.165) is 6.42 Å². The van der Waals surface area contributed by atoms with E-state index in [0.29, 0.717) is 12.2 Å². The summed E-state index contributed by atoms with van der Waals surface area (Å²) in [4.78, 5) is 24.7. The molecule has 0 saturated heterocycles. The van der Waals surface area contributed by atoms with Crippen molar-refractivity contribution in [1.29, 1.82) is 0 Å².